The van der Waals surface area contributed by atoms with E-state index in [0.29, 0.717) is 5.56 Å². The maximum atomic E-state index is 12.8. The van der Waals surface area contributed by atoms with Gasteiger partial charge in [0.25, 0.3) is 11.7 Å². The zero-order valence-corrected chi connectivity index (χ0v) is 14.1. The molecule has 4 rings (SSSR count). The summed E-state index contributed by atoms with van der Waals surface area (Å²) >= 11 is 0. The smallest absolute Gasteiger partial charge is 0.302 e. The van der Waals surface area contributed by atoms with E-state index in [-0.39, 0.29) is 24.0 Å². The minimum atomic E-state index is -4.41. The number of benzene rings is 1. The van der Waals surface area contributed by atoms with Crippen molar-refractivity contribution in [3.63, 3.8) is 0 Å². The number of nitrogens with one attached hydrogen (secondary N) is 1. The second kappa shape index (κ2) is 6.76. The molecule has 0 fully saturated rings. The summed E-state index contributed by atoms with van der Waals surface area (Å²) in [6.45, 7) is 0.121. The van der Waals surface area contributed by atoms with Gasteiger partial charge in [-0.05, 0) is 23.8 Å². The Morgan fingerprint density at radius 1 is 1.11 bits per heavy atom. The third-order valence-corrected chi connectivity index (χ3v) is 3.80. The normalized spacial score (nSPS) is 11.7. The van der Waals surface area contributed by atoms with Crippen LogP contribution in [0.15, 0.2) is 55.0 Å². The lowest BCUT2D eigenvalue weighted by Gasteiger charge is -2.08. The molecule has 0 radical (unpaired) electrons. The predicted octanol–water partition coefficient (Wildman–Crippen LogP) is 2.64. The van der Waals surface area contributed by atoms with E-state index in [1.807, 2.05) is 0 Å². The fraction of sp³-hybridized carbons (Fsp3) is 0.118. The number of hydrogen-bond acceptors (Lipinski definition) is 5. The molecule has 0 unspecified atom stereocenters. The Kier molecular flexibility index (Phi) is 4.26. The molecule has 0 aliphatic rings. The molecule has 11 heteroatoms. The highest BCUT2D eigenvalue weighted by molar-refractivity contribution is 6.01. The Hall–Kier alpha value is -3.76. The summed E-state index contributed by atoms with van der Waals surface area (Å²) in [5, 5.41) is 10.7. The zero-order chi connectivity index (χ0) is 19.7. The molecule has 8 nitrogen and oxygen atoms in total. The van der Waals surface area contributed by atoms with Crippen molar-refractivity contribution in [3.8, 4) is 0 Å². The van der Waals surface area contributed by atoms with Crippen LogP contribution in [0.3, 0.4) is 0 Å². The molecular formula is C17H12F3N7O. The molecule has 0 spiro atoms. The second-order valence-electron chi connectivity index (χ2n) is 5.85. The number of carbonyl (C=O) groups is 1. The van der Waals surface area contributed by atoms with Crippen LogP contribution in [0.25, 0.3) is 5.78 Å². The van der Waals surface area contributed by atoms with E-state index in [9.17, 15) is 18.0 Å². The molecule has 0 aliphatic carbocycles. The molecule has 28 heavy (non-hydrogen) atoms. The molecule has 4 aromatic rings. The molecule has 0 bridgehead atoms. The summed E-state index contributed by atoms with van der Waals surface area (Å²) in [6, 6.07) is 8.16. The minimum absolute atomic E-state index is 0.0777. The van der Waals surface area contributed by atoms with Gasteiger partial charge in [0.05, 0.1) is 12.1 Å². The Morgan fingerprint density at radius 2 is 1.96 bits per heavy atom. The van der Waals surface area contributed by atoms with Crippen LogP contribution in [-0.2, 0) is 12.7 Å². The van der Waals surface area contributed by atoms with Crippen LogP contribution in [0.5, 0.6) is 0 Å². The number of rotatable bonds is 4. The van der Waals surface area contributed by atoms with E-state index < -0.39 is 17.6 Å². The van der Waals surface area contributed by atoms with Crippen LogP contribution in [0.1, 0.15) is 21.7 Å². The lowest BCUT2D eigenvalue weighted by Crippen LogP contribution is -2.15. The summed E-state index contributed by atoms with van der Waals surface area (Å²) < 4.78 is 41.2. The van der Waals surface area contributed by atoms with E-state index in [0.717, 1.165) is 12.1 Å². The van der Waals surface area contributed by atoms with Crippen molar-refractivity contribution in [2.75, 3.05) is 5.32 Å². The van der Waals surface area contributed by atoms with E-state index in [1.165, 1.54) is 27.5 Å². The molecule has 1 amide bonds. The number of alkyl halides is 3. The molecular weight excluding hydrogens is 375 g/mol. The third kappa shape index (κ3) is 3.68. The monoisotopic (exact) mass is 387 g/mol. The van der Waals surface area contributed by atoms with Crippen molar-refractivity contribution in [2.45, 2.75) is 12.7 Å². The van der Waals surface area contributed by atoms with Gasteiger partial charge in [0, 0.05) is 24.7 Å². The first-order valence-corrected chi connectivity index (χ1v) is 8.07. The van der Waals surface area contributed by atoms with E-state index >= 15 is 0 Å². The number of fused-ring (bicyclic) bond motifs is 1. The summed E-state index contributed by atoms with van der Waals surface area (Å²) in [4.78, 5) is 20.2. The van der Waals surface area contributed by atoms with Crippen molar-refractivity contribution in [1.82, 2.24) is 29.4 Å². The SMILES string of the molecule is O=C(Nc1ccn(Cc2cccc(C(F)(F)F)c2)n1)c1nc2ncccn2n1. The van der Waals surface area contributed by atoms with E-state index in [2.05, 4.69) is 25.5 Å². The van der Waals surface area contributed by atoms with Gasteiger partial charge in [-0.3, -0.25) is 9.48 Å². The van der Waals surface area contributed by atoms with Crippen LogP contribution in [0, 0.1) is 0 Å². The van der Waals surface area contributed by atoms with Crippen molar-refractivity contribution < 1.29 is 18.0 Å². The van der Waals surface area contributed by atoms with Crippen LogP contribution in [-0.4, -0.2) is 35.3 Å². The maximum absolute atomic E-state index is 12.8. The van der Waals surface area contributed by atoms with Gasteiger partial charge < -0.3 is 5.32 Å². The van der Waals surface area contributed by atoms with E-state index in [1.54, 1.807) is 24.5 Å². The molecule has 0 saturated carbocycles. The van der Waals surface area contributed by atoms with Crippen molar-refractivity contribution in [1.29, 1.82) is 0 Å². The van der Waals surface area contributed by atoms with Crippen LogP contribution >= 0.6 is 0 Å². The molecule has 3 heterocycles. The van der Waals surface area contributed by atoms with Crippen LogP contribution < -0.4 is 5.32 Å². The fourth-order valence-corrected chi connectivity index (χ4v) is 2.55. The summed E-state index contributed by atoms with van der Waals surface area (Å²) in [6.07, 6.45) is 0.279. The van der Waals surface area contributed by atoms with Crippen molar-refractivity contribution in [3.05, 3.63) is 71.9 Å². The van der Waals surface area contributed by atoms with Crippen molar-refractivity contribution >= 4 is 17.5 Å². The van der Waals surface area contributed by atoms with Gasteiger partial charge in [0.2, 0.25) is 5.82 Å². The first-order chi connectivity index (χ1) is 13.4. The first kappa shape index (κ1) is 17.6. The Morgan fingerprint density at radius 3 is 2.75 bits per heavy atom. The zero-order valence-electron chi connectivity index (χ0n) is 14.1. The lowest BCUT2D eigenvalue weighted by molar-refractivity contribution is -0.137. The minimum Gasteiger partial charge on any atom is -0.302 e. The standard InChI is InChI=1S/C17H12F3N7O/c18-17(19,20)12-4-1-3-11(9-12)10-26-8-5-13(24-26)22-15(28)14-23-16-21-6-2-7-27(16)25-14/h1-9H,10H2,(H,22,24,28). The number of nitrogens with zero attached hydrogens (tertiary/aromatic N) is 6. The number of hydrogen-bond donors (Lipinski definition) is 1. The van der Waals surface area contributed by atoms with Crippen LogP contribution in [0.2, 0.25) is 0 Å². The van der Waals surface area contributed by atoms with Gasteiger partial charge in [-0.15, -0.1) is 5.10 Å². The quantitative estimate of drug-likeness (QED) is 0.581. The molecule has 0 atom stereocenters. The molecule has 3 aromatic heterocycles. The van der Waals surface area contributed by atoms with Gasteiger partial charge >= 0.3 is 6.18 Å². The largest absolute Gasteiger partial charge is 0.416 e. The molecule has 142 valence electrons. The third-order valence-electron chi connectivity index (χ3n) is 3.80. The summed E-state index contributed by atoms with van der Waals surface area (Å²) in [7, 11) is 0. The molecule has 0 saturated heterocycles. The fourth-order valence-electron chi connectivity index (χ4n) is 2.55. The number of anilines is 1. The van der Waals surface area contributed by atoms with Gasteiger partial charge in [-0.2, -0.15) is 23.3 Å². The molecule has 1 aromatic carbocycles. The highest BCUT2D eigenvalue weighted by atomic mass is 19.4. The predicted molar refractivity (Wildman–Crippen MR) is 91.5 cm³/mol. The summed E-state index contributed by atoms with van der Waals surface area (Å²) in [5.41, 5.74) is -0.291. The highest BCUT2D eigenvalue weighted by Gasteiger charge is 2.30. The highest BCUT2D eigenvalue weighted by Crippen LogP contribution is 2.29. The van der Waals surface area contributed by atoms with E-state index in [4.69, 9.17) is 0 Å². The first-order valence-electron chi connectivity index (χ1n) is 8.07. The summed E-state index contributed by atoms with van der Waals surface area (Å²) in [5.74, 6) is -0.146. The van der Waals surface area contributed by atoms with Crippen molar-refractivity contribution in [2.24, 2.45) is 0 Å². The van der Waals surface area contributed by atoms with Gasteiger partial charge in [0.1, 0.15) is 0 Å². The number of carbonyl (C=O) groups excluding carboxylic acids is 1. The number of aromatic nitrogens is 6. The Balaban J connectivity index is 1.46. The van der Waals surface area contributed by atoms with Gasteiger partial charge in [-0.25, -0.2) is 9.50 Å². The molecule has 1 N–H and O–H groups in total. The average molecular weight is 387 g/mol. The number of halogens is 3. The average Bonchev–Trinajstić information content (AvgIpc) is 3.28. The topological polar surface area (TPSA) is 90.0 Å². The Labute approximate surface area is 155 Å². The molecule has 0 aliphatic heterocycles. The Bertz CT molecular complexity index is 1120. The number of amides is 1. The maximum Gasteiger partial charge on any atom is 0.416 e. The van der Waals surface area contributed by atoms with Gasteiger partial charge in [-0.1, -0.05) is 12.1 Å². The van der Waals surface area contributed by atoms with Gasteiger partial charge in [0.15, 0.2) is 5.82 Å². The second-order valence-corrected chi connectivity index (χ2v) is 5.85. The lowest BCUT2D eigenvalue weighted by atomic mass is 10.1. The van der Waals surface area contributed by atoms with Crippen LogP contribution in [0.4, 0.5) is 19.0 Å².